The quantitative estimate of drug-likeness (QED) is 0.852. The Bertz CT molecular complexity index is 591. The zero-order valence-corrected chi connectivity index (χ0v) is 12.4. The van der Waals surface area contributed by atoms with Gasteiger partial charge in [-0.1, -0.05) is 15.9 Å². The highest BCUT2D eigenvalue weighted by Crippen LogP contribution is 2.32. The molecule has 0 bridgehead atoms. The number of hydrogen-bond acceptors (Lipinski definition) is 2. The van der Waals surface area contributed by atoms with Crippen LogP contribution in [0.1, 0.15) is 35.2 Å². The first-order valence-electron chi connectivity index (χ1n) is 6.64. The standard InChI is InChI=1S/C14H14BrFN2O2/c15-11-6-8(16)5-9-10(11)7-18(14(9)20)12-3-1-2-4-17-13(12)19/h5-6,12H,1-4,7H2,(H,17,19). The first-order chi connectivity index (χ1) is 9.58. The van der Waals surface area contributed by atoms with Crippen molar-refractivity contribution in [3.8, 4) is 0 Å². The predicted molar refractivity (Wildman–Crippen MR) is 74.6 cm³/mol. The lowest BCUT2D eigenvalue weighted by atomic mass is 10.1. The average molecular weight is 341 g/mol. The molecule has 0 spiro atoms. The molecule has 1 fully saturated rings. The van der Waals surface area contributed by atoms with Gasteiger partial charge in [-0.25, -0.2) is 4.39 Å². The SMILES string of the molecule is O=C1NCCCCC1N1Cc2c(Br)cc(F)cc2C1=O. The van der Waals surface area contributed by atoms with E-state index < -0.39 is 11.9 Å². The Kier molecular flexibility index (Phi) is 3.50. The summed E-state index contributed by atoms with van der Waals surface area (Å²) in [7, 11) is 0. The molecule has 2 amide bonds. The van der Waals surface area contributed by atoms with Gasteiger partial charge in [0.25, 0.3) is 5.91 Å². The molecule has 3 rings (SSSR count). The Morgan fingerprint density at radius 3 is 2.90 bits per heavy atom. The zero-order chi connectivity index (χ0) is 14.3. The number of amides is 2. The van der Waals surface area contributed by atoms with Crippen LogP contribution < -0.4 is 5.32 Å². The molecule has 6 heteroatoms. The van der Waals surface area contributed by atoms with Crippen LogP contribution in [-0.2, 0) is 11.3 Å². The molecule has 106 valence electrons. The van der Waals surface area contributed by atoms with Crippen LogP contribution in [0.4, 0.5) is 4.39 Å². The number of carbonyl (C=O) groups is 2. The Hall–Kier alpha value is -1.43. The van der Waals surface area contributed by atoms with E-state index in [0.717, 1.165) is 18.4 Å². The van der Waals surface area contributed by atoms with Crippen molar-refractivity contribution in [2.24, 2.45) is 0 Å². The lowest BCUT2D eigenvalue weighted by Crippen LogP contribution is -2.45. The highest BCUT2D eigenvalue weighted by atomic mass is 79.9. The van der Waals surface area contributed by atoms with E-state index >= 15 is 0 Å². The Morgan fingerprint density at radius 1 is 1.30 bits per heavy atom. The Balaban J connectivity index is 1.93. The number of nitrogens with zero attached hydrogens (tertiary/aromatic N) is 1. The van der Waals surface area contributed by atoms with Crippen LogP contribution in [0.2, 0.25) is 0 Å². The maximum absolute atomic E-state index is 13.4. The monoisotopic (exact) mass is 340 g/mol. The summed E-state index contributed by atoms with van der Waals surface area (Å²) < 4.78 is 14.0. The van der Waals surface area contributed by atoms with Gasteiger partial charge in [-0.15, -0.1) is 0 Å². The minimum Gasteiger partial charge on any atom is -0.354 e. The number of carbonyl (C=O) groups excluding carboxylic acids is 2. The fourth-order valence-electron chi connectivity index (χ4n) is 2.82. The molecule has 1 aromatic carbocycles. The van der Waals surface area contributed by atoms with E-state index in [0.29, 0.717) is 29.5 Å². The fourth-order valence-corrected chi connectivity index (χ4v) is 3.38. The van der Waals surface area contributed by atoms with Crippen molar-refractivity contribution in [3.63, 3.8) is 0 Å². The van der Waals surface area contributed by atoms with Gasteiger partial charge in [0.2, 0.25) is 5.91 Å². The molecule has 2 heterocycles. The van der Waals surface area contributed by atoms with Gasteiger partial charge in [0.15, 0.2) is 0 Å². The maximum Gasteiger partial charge on any atom is 0.255 e. The molecule has 1 saturated heterocycles. The fraction of sp³-hybridized carbons (Fsp3) is 0.429. The van der Waals surface area contributed by atoms with Crippen molar-refractivity contribution >= 4 is 27.7 Å². The smallest absolute Gasteiger partial charge is 0.255 e. The minimum absolute atomic E-state index is 0.111. The van der Waals surface area contributed by atoms with Crippen molar-refractivity contribution in [1.29, 1.82) is 0 Å². The van der Waals surface area contributed by atoms with E-state index in [-0.39, 0.29) is 11.8 Å². The second kappa shape index (κ2) is 5.16. The molecule has 1 N–H and O–H groups in total. The van der Waals surface area contributed by atoms with Crippen LogP contribution in [0.3, 0.4) is 0 Å². The summed E-state index contributed by atoms with van der Waals surface area (Å²) in [5, 5.41) is 2.83. The normalized spacial score (nSPS) is 22.5. The van der Waals surface area contributed by atoms with Crippen LogP contribution in [-0.4, -0.2) is 29.3 Å². The van der Waals surface area contributed by atoms with Crippen LogP contribution in [0.25, 0.3) is 0 Å². The molecule has 2 aliphatic rings. The van der Waals surface area contributed by atoms with Crippen molar-refractivity contribution in [2.75, 3.05) is 6.54 Å². The van der Waals surface area contributed by atoms with Gasteiger partial charge >= 0.3 is 0 Å². The molecule has 4 nitrogen and oxygen atoms in total. The first kappa shape index (κ1) is 13.5. The number of halogens is 2. The minimum atomic E-state index is -0.452. The van der Waals surface area contributed by atoms with Gasteiger partial charge in [0, 0.05) is 23.1 Å². The number of rotatable bonds is 1. The van der Waals surface area contributed by atoms with E-state index in [4.69, 9.17) is 0 Å². The van der Waals surface area contributed by atoms with Crippen molar-refractivity contribution < 1.29 is 14.0 Å². The van der Waals surface area contributed by atoms with Crippen LogP contribution in [0.5, 0.6) is 0 Å². The third-order valence-electron chi connectivity index (χ3n) is 3.86. The average Bonchev–Trinajstić information content (AvgIpc) is 2.59. The van der Waals surface area contributed by atoms with Gasteiger partial charge in [0.1, 0.15) is 11.9 Å². The molecule has 1 unspecified atom stereocenters. The van der Waals surface area contributed by atoms with Crippen molar-refractivity contribution in [3.05, 3.63) is 33.5 Å². The summed E-state index contributed by atoms with van der Waals surface area (Å²) in [6, 6.07) is 2.15. The summed E-state index contributed by atoms with van der Waals surface area (Å²) >= 11 is 3.29. The van der Waals surface area contributed by atoms with Gasteiger partial charge < -0.3 is 10.2 Å². The maximum atomic E-state index is 13.4. The predicted octanol–water partition coefficient (Wildman–Crippen LogP) is 2.21. The largest absolute Gasteiger partial charge is 0.354 e. The van der Waals surface area contributed by atoms with Gasteiger partial charge in [-0.3, -0.25) is 9.59 Å². The molecule has 2 aliphatic heterocycles. The van der Waals surface area contributed by atoms with Crippen molar-refractivity contribution in [1.82, 2.24) is 10.2 Å². The van der Waals surface area contributed by atoms with E-state index in [9.17, 15) is 14.0 Å². The van der Waals surface area contributed by atoms with Gasteiger partial charge in [-0.2, -0.15) is 0 Å². The number of fused-ring (bicyclic) bond motifs is 1. The molecule has 1 atom stereocenters. The Labute approximate surface area is 124 Å². The van der Waals surface area contributed by atoms with Gasteiger partial charge in [-0.05, 0) is 37.0 Å². The molecular weight excluding hydrogens is 327 g/mol. The van der Waals surface area contributed by atoms with Crippen LogP contribution >= 0.6 is 15.9 Å². The third kappa shape index (κ3) is 2.22. The summed E-state index contributed by atoms with van der Waals surface area (Å²) in [4.78, 5) is 26.0. The third-order valence-corrected chi connectivity index (χ3v) is 4.57. The molecular formula is C14H14BrFN2O2. The Morgan fingerprint density at radius 2 is 2.10 bits per heavy atom. The lowest BCUT2D eigenvalue weighted by Gasteiger charge is -2.25. The highest BCUT2D eigenvalue weighted by molar-refractivity contribution is 9.10. The number of nitrogens with one attached hydrogen (secondary N) is 1. The summed E-state index contributed by atoms with van der Waals surface area (Å²) in [6.07, 6.45) is 2.49. The molecule has 0 saturated carbocycles. The van der Waals surface area contributed by atoms with Crippen LogP contribution in [0.15, 0.2) is 16.6 Å². The number of hydrogen-bond donors (Lipinski definition) is 1. The first-order valence-corrected chi connectivity index (χ1v) is 7.44. The molecule has 0 aromatic heterocycles. The van der Waals surface area contributed by atoms with Crippen LogP contribution in [0, 0.1) is 5.82 Å². The molecule has 0 aliphatic carbocycles. The van der Waals surface area contributed by atoms with Crippen molar-refractivity contribution in [2.45, 2.75) is 31.8 Å². The lowest BCUT2D eigenvalue weighted by molar-refractivity contribution is -0.125. The van der Waals surface area contributed by atoms with E-state index in [2.05, 4.69) is 21.2 Å². The molecule has 0 radical (unpaired) electrons. The molecule has 1 aromatic rings. The van der Waals surface area contributed by atoms with E-state index in [1.807, 2.05) is 0 Å². The second-order valence-corrected chi connectivity index (χ2v) is 6.00. The zero-order valence-electron chi connectivity index (χ0n) is 10.8. The number of benzene rings is 1. The van der Waals surface area contributed by atoms with E-state index in [1.54, 1.807) is 4.90 Å². The summed E-state index contributed by atoms with van der Waals surface area (Å²) in [6.45, 7) is 1.01. The second-order valence-electron chi connectivity index (χ2n) is 5.15. The highest BCUT2D eigenvalue weighted by Gasteiger charge is 2.37. The van der Waals surface area contributed by atoms with Gasteiger partial charge in [0.05, 0.1) is 0 Å². The summed E-state index contributed by atoms with van der Waals surface area (Å²) in [5.41, 5.74) is 1.11. The molecule has 20 heavy (non-hydrogen) atoms. The summed E-state index contributed by atoms with van der Waals surface area (Å²) in [5.74, 6) is -0.821. The van der Waals surface area contributed by atoms with E-state index in [1.165, 1.54) is 12.1 Å². The topological polar surface area (TPSA) is 49.4 Å².